The third-order valence-electron chi connectivity index (χ3n) is 3.17. The summed E-state index contributed by atoms with van der Waals surface area (Å²) in [5.74, 6) is 0.901. The van der Waals surface area contributed by atoms with Gasteiger partial charge in [0.25, 0.3) is 0 Å². The van der Waals surface area contributed by atoms with Crippen LogP contribution in [0.25, 0.3) is 0 Å². The summed E-state index contributed by atoms with van der Waals surface area (Å²) in [5.41, 5.74) is -0.501. The largest absolute Gasteiger partial charge is 0.389 e. The van der Waals surface area contributed by atoms with Gasteiger partial charge in [-0.05, 0) is 39.2 Å². The highest BCUT2D eigenvalue weighted by atomic mass is 16.3. The third-order valence-corrected chi connectivity index (χ3v) is 3.17. The van der Waals surface area contributed by atoms with Gasteiger partial charge in [0.2, 0.25) is 0 Å². The van der Waals surface area contributed by atoms with Gasteiger partial charge in [-0.15, -0.1) is 0 Å². The molecule has 0 aromatic carbocycles. The Balaban J connectivity index is 2.19. The van der Waals surface area contributed by atoms with Crippen molar-refractivity contribution in [3.05, 3.63) is 0 Å². The standard InChI is InChI=1S/C11H23NO/c1-4-11(2,13)9-12(3)8-10-6-5-7-10/h10,13H,4-9H2,1-3H3. The number of aliphatic hydroxyl groups is 1. The molecule has 0 bridgehead atoms. The van der Waals surface area contributed by atoms with Crippen molar-refractivity contribution in [1.29, 1.82) is 0 Å². The van der Waals surface area contributed by atoms with Gasteiger partial charge in [-0.2, -0.15) is 0 Å². The molecular weight excluding hydrogens is 162 g/mol. The summed E-state index contributed by atoms with van der Waals surface area (Å²) in [6, 6.07) is 0. The van der Waals surface area contributed by atoms with Crippen molar-refractivity contribution < 1.29 is 5.11 Å². The molecule has 1 saturated carbocycles. The lowest BCUT2D eigenvalue weighted by atomic mass is 9.85. The van der Waals surface area contributed by atoms with Gasteiger partial charge < -0.3 is 10.0 Å². The number of likely N-dealkylation sites (N-methyl/N-ethyl adjacent to an activating group) is 1. The van der Waals surface area contributed by atoms with Gasteiger partial charge in [-0.1, -0.05) is 13.3 Å². The molecule has 1 aliphatic carbocycles. The molecule has 0 saturated heterocycles. The molecule has 1 rings (SSSR count). The van der Waals surface area contributed by atoms with E-state index in [9.17, 15) is 5.11 Å². The molecule has 2 nitrogen and oxygen atoms in total. The van der Waals surface area contributed by atoms with Crippen molar-refractivity contribution in [2.75, 3.05) is 20.1 Å². The highest BCUT2D eigenvalue weighted by molar-refractivity contribution is 4.78. The van der Waals surface area contributed by atoms with E-state index < -0.39 is 5.60 Å². The normalized spacial score (nSPS) is 22.8. The maximum atomic E-state index is 9.86. The Kier molecular flexibility index (Phi) is 3.74. The Hall–Kier alpha value is -0.0800. The van der Waals surface area contributed by atoms with E-state index in [4.69, 9.17) is 0 Å². The van der Waals surface area contributed by atoms with E-state index in [0.717, 1.165) is 25.4 Å². The van der Waals surface area contributed by atoms with Crippen molar-refractivity contribution in [3.63, 3.8) is 0 Å². The van der Waals surface area contributed by atoms with Gasteiger partial charge in [0.05, 0.1) is 5.60 Å². The second-order valence-corrected chi connectivity index (χ2v) is 4.84. The fraction of sp³-hybridized carbons (Fsp3) is 1.00. The Morgan fingerprint density at radius 1 is 1.46 bits per heavy atom. The van der Waals surface area contributed by atoms with E-state index in [1.54, 1.807) is 0 Å². The minimum Gasteiger partial charge on any atom is -0.389 e. The molecule has 13 heavy (non-hydrogen) atoms. The van der Waals surface area contributed by atoms with Gasteiger partial charge in [0.1, 0.15) is 0 Å². The van der Waals surface area contributed by atoms with Crippen LogP contribution in [-0.2, 0) is 0 Å². The van der Waals surface area contributed by atoms with Crippen molar-refractivity contribution in [1.82, 2.24) is 4.90 Å². The Morgan fingerprint density at radius 3 is 2.46 bits per heavy atom. The van der Waals surface area contributed by atoms with Crippen molar-refractivity contribution >= 4 is 0 Å². The first-order valence-corrected chi connectivity index (χ1v) is 5.44. The molecule has 0 spiro atoms. The average molecular weight is 185 g/mol. The maximum absolute atomic E-state index is 9.86. The van der Waals surface area contributed by atoms with Crippen molar-refractivity contribution in [2.24, 2.45) is 5.92 Å². The summed E-state index contributed by atoms with van der Waals surface area (Å²) >= 11 is 0. The van der Waals surface area contributed by atoms with Gasteiger partial charge >= 0.3 is 0 Å². The summed E-state index contributed by atoms with van der Waals surface area (Å²) in [6.45, 7) is 5.93. The molecule has 1 atom stereocenters. The topological polar surface area (TPSA) is 23.5 Å². The fourth-order valence-electron chi connectivity index (χ4n) is 1.87. The van der Waals surface area contributed by atoms with E-state index in [-0.39, 0.29) is 0 Å². The SMILES string of the molecule is CCC(C)(O)CN(C)CC1CCC1. The predicted octanol–water partition coefficient (Wildman–Crippen LogP) is 1.88. The Bertz CT molecular complexity index is 152. The van der Waals surface area contributed by atoms with Gasteiger partial charge in [0.15, 0.2) is 0 Å². The Labute approximate surface area is 81.9 Å². The molecule has 0 heterocycles. The summed E-state index contributed by atoms with van der Waals surface area (Å²) in [7, 11) is 2.11. The molecule has 2 heteroatoms. The molecule has 1 fully saturated rings. The van der Waals surface area contributed by atoms with E-state index in [1.165, 1.54) is 19.3 Å². The van der Waals surface area contributed by atoms with Crippen molar-refractivity contribution in [2.45, 2.75) is 45.1 Å². The summed E-state index contributed by atoms with van der Waals surface area (Å²) in [6.07, 6.45) is 5.02. The van der Waals surface area contributed by atoms with Crippen LogP contribution in [0.1, 0.15) is 39.5 Å². The lowest BCUT2D eigenvalue weighted by Crippen LogP contribution is -2.41. The third kappa shape index (κ3) is 3.65. The molecule has 0 aliphatic heterocycles. The van der Waals surface area contributed by atoms with Gasteiger partial charge in [-0.3, -0.25) is 0 Å². The molecule has 1 N–H and O–H groups in total. The zero-order valence-electron chi connectivity index (χ0n) is 9.21. The first-order valence-electron chi connectivity index (χ1n) is 5.44. The zero-order valence-corrected chi connectivity index (χ0v) is 9.21. The van der Waals surface area contributed by atoms with Crippen LogP contribution in [0.2, 0.25) is 0 Å². The van der Waals surface area contributed by atoms with E-state index >= 15 is 0 Å². The highest BCUT2D eigenvalue weighted by Crippen LogP contribution is 2.27. The van der Waals surface area contributed by atoms with Crippen LogP contribution in [0.15, 0.2) is 0 Å². The number of hydrogen-bond acceptors (Lipinski definition) is 2. The van der Waals surface area contributed by atoms with E-state index in [1.807, 2.05) is 13.8 Å². The number of rotatable bonds is 5. The van der Waals surface area contributed by atoms with Crippen LogP contribution >= 0.6 is 0 Å². The quantitative estimate of drug-likeness (QED) is 0.707. The predicted molar refractivity (Wildman–Crippen MR) is 55.8 cm³/mol. The minimum absolute atomic E-state index is 0.501. The highest BCUT2D eigenvalue weighted by Gasteiger charge is 2.23. The smallest absolute Gasteiger partial charge is 0.0743 e. The molecule has 0 aromatic heterocycles. The van der Waals surface area contributed by atoms with E-state index in [2.05, 4.69) is 11.9 Å². The minimum atomic E-state index is -0.501. The molecule has 1 unspecified atom stereocenters. The van der Waals surface area contributed by atoms with Crippen LogP contribution in [0, 0.1) is 5.92 Å². The summed E-state index contributed by atoms with van der Waals surface area (Å²) in [4.78, 5) is 2.27. The number of hydrogen-bond donors (Lipinski definition) is 1. The average Bonchev–Trinajstić information content (AvgIpc) is 1.96. The maximum Gasteiger partial charge on any atom is 0.0743 e. The lowest BCUT2D eigenvalue weighted by Gasteiger charge is -2.33. The van der Waals surface area contributed by atoms with Crippen LogP contribution in [0.5, 0.6) is 0 Å². The number of nitrogens with zero attached hydrogens (tertiary/aromatic N) is 1. The van der Waals surface area contributed by atoms with Crippen LogP contribution in [0.3, 0.4) is 0 Å². The van der Waals surface area contributed by atoms with Crippen molar-refractivity contribution in [3.8, 4) is 0 Å². The van der Waals surface area contributed by atoms with Crippen LogP contribution in [0.4, 0.5) is 0 Å². The molecule has 0 amide bonds. The second kappa shape index (κ2) is 4.43. The first kappa shape index (κ1) is 11.0. The Morgan fingerprint density at radius 2 is 2.08 bits per heavy atom. The van der Waals surface area contributed by atoms with Crippen LogP contribution < -0.4 is 0 Å². The molecule has 0 radical (unpaired) electrons. The summed E-state index contributed by atoms with van der Waals surface area (Å²) in [5, 5.41) is 9.86. The molecule has 1 aliphatic rings. The van der Waals surface area contributed by atoms with Gasteiger partial charge in [-0.25, -0.2) is 0 Å². The lowest BCUT2D eigenvalue weighted by molar-refractivity contribution is 0.0165. The molecule has 0 aromatic rings. The second-order valence-electron chi connectivity index (χ2n) is 4.84. The fourth-order valence-corrected chi connectivity index (χ4v) is 1.87. The summed E-state index contributed by atoms with van der Waals surface area (Å²) < 4.78 is 0. The molecule has 78 valence electrons. The first-order chi connectivity index (χ1) is 6.03. The molecular formula is C11H23NO. The monoisotopic (exact) mass is 185 g/mol. The van der Waals surface area contributed by atoms with E-state index in [0.29, 0.717) is 0 Å². The zero-order chi connectivity index (χ0) is 9.90. The van der Waals surface area contributed by atoms with Gasteiger partial charge in [0, 0.05) is 13.1 Å². The van der Waals surface area contributed by atoms with Crippen LogP contribution in [-0.4, -0.2) is 35.7 Å².